The Balaban J connectivity index is 1.88. The lowest BCUT2D eigenvalue weighted by molar-refractivity contribution is -0.149. The molecule has 0 aromatic heterocycles. The molecule has 1 aromatic carbocycles. The summed E-state index contributed by atoms with van der Waals surface area (Å²) in [5.41, 5.74) is 1.16. The molecular formula is C19H29N3O3. The number of nitrogens with zero attached hydrogens (tertiary/aromatic N) is 2. The van der Waals surface area contributed by atoms with Crippen LogP contribution in [0.2, 0.25) is 0 Å². The fourth-order valence-corrected chi connectivity index (χ4v) is 3.17. The third-order valence-corrected chi connectivity index (χ3v) is 4.42. The Bertz CT molecular complexity index is 589. The Hall–Kier alpha value is -2.24. The number of nitrogens with one attached hydrogen (secondary N) is 1. The van der Waals surface area contributed by atoms with Crippen molar-refractivity contribution >= 4 is 11.9 Å². The number of ether oxygens (including phenoxy) is 2. The van der Waals surface area contributed by atoms with E-state index in [0.717, 1.165) is 49.6 Å². The number of piperidine rings is 1. The van der Waals surface area contributed by atoms with Crippen LogP contribution in [0.3, 0.4) is 0 Å². The zero-order chi connectivity index (χ0) is 18.1. The molecule has 1 aliphatic heterocycles. The minimum atomic E-state index is -0.100. The second-order valence-electron chi connectivity index (χ2n) is 6.07. The van der Waals surface area contributed by atoms with Crippen LogP contribution in [0.25, 0.3) is 0 Å². The number of carbonyl (C=O) groups is 1. The molecule has 138 valence electrons. The summed E-state index contributed by atoms with van der Waals surface area (Å²) in [7, 11) is 3.47. The number of guanidine groups is 1. The molecule has 25 heavy (non-hydrogen) atoms. The SMILES string of the molecule is CCOC(=O)C1CCCN(C(=NC)NCCc2ccccc2OC)C1. The molecule has 1 aromatic rings. The fraction of sp³-hybridized carbons (Fsp3) is 0.579. The van der Waals surface area contributed by atoms with Crippen molar-refractivity contribution in [1.29, 1.82) is 0 Å². The minimum absolute atomic E-state index is 0.0681. The third-order valence-electron chi connectivity index (χ3n) is 4.42. The normalized spacial score (nSPS) is 18.0. The number of benzene rings is 1. The number of esters is 1. The lowest BCUT2D eigenvalue weighted by atomic mass is 9.98. The van der Waals surface area contributed by atoms with E-state index in [4.69, 9.17) is 9.47 Å². The largest absolute Gasteiger partial charge is 0.496 e. The van der Waals surface area contributed by atoms with Crippen molar-refractivity contribution in [3.05, 3.63) is 29.8 Å². The van der Waals surface area contributed by atoms with Gasteiger partial charge in [-0.2, -0.15) is 0 Å². The Kier molecular flexibility index (Phi) is 7.57. The van der Waals surface area contributed by atoms with Gasteiger partial charge < -0.3 is 19.7 Å². The van der Waals surface area contributed by atoms with E-state index in [1.807, 2.05) is 25.1 Å². The average Bonchev–Trinajstić information content (AvgIpc) is 2.66. The molecule has 1 atom stereocenters. The molecule has 2 rings (SSSR count). The highest BCUT2D eigenvalue weighted by Crippen LogP contribution is 2.19. The predicted octanol–water partition coefficient (Wildman–Crippen LogP) is 2.09. The molecule has 0 aliphatic carbocycles. The van der Waals surface area contributed by atoms with Crippen molar-refractivity contribution in [2.24, 2.45) is 10.9 Å². The topological polar surface area (TPSA) is 63.2 Å². The van der Waals surface area contributed by atoms with Gasteiger partial charge in [0.05, 0.1) is 19.6 Å². The summed E-state index contributed by atoms with van der Waals surface area (Å²) >= 11 is 0. The van der Waals surface area contributed by atoms with E-state index >= 15 is 0 Å². The lowest BCUT2D eigenvalue weighted by Gasteiger charge is -2.34. The van der Waals surface area contributed by atoms with Crippen LogP contribution >= 0.6 is 0 Å². The van der Waals surface area contributed by atoms with E-state index in [1.54, 1.807) is 14.2 Å². The molecule has 0 amide bonds. The van der Waals surface area contributed by atoms with Crippen LogP contribution in [0.5, 0.6) is 5.75 Å². The molecule has 0 radical (unpaired) electrons. The van der Waals surface area contributed by atoms with Gasteiger partial charge in [-0.3, -0.25) is 9.79 Å². The smallest absolute Gasteiger partial charge is 0.310 e. The van der Waals surface area contributed by atoms with E-state index < -0.39 is 0 Å². The summed E-state index contributed by atoms with van der Waals surface area (Å²) in [6.07, 6.45) is 2.70. The van der Waals surface area contributed by atoms with Gasteiger partial charge in [0, 0.05) is 26.7 Å². The summed E-state index contributed by atoms with van der Waals surface area (Å²) in [4.78, 5) is 18.5. The summed E-state index contributed by atoms with van der Waals surface area (Å²) in [6.45, 7) is 4.60. The Morgan fingerprint density at radius 1 is 1.40 bits per heavy atom. The average molecular weight is 347 g/mol. The van der Waals surface area contributed by atoms with Crippen molar-refractivity contribution in [3.63, 3.8) is 0 Å². The first kappa shape index (κ1) is 19.1. The van der Waals surface area contributed by atoms with Gasteiger partial charge >= 0.3 is 5.97 Å². The maximum Gasteiger partial charge on any atom is 0.310 e. The number of methoxy groups -OCH3 is 1. The molecule has 0 bridgehead atoms. The van der Waals surface area contributed by atoms with Gasteiger partial charge in [-0.1, -0.05) is 18.2 Å². The fourth-order valence-electron chi connectivity index (χ4n) is 3.17. The quantitative estimate of drug-likeness (QED) is 0.485. The van der Waals surface area contributed by atoms with Crippen LogP contribution in [0.15, 0.2) is 29.3 Å². The number of rotatable bonds is 6. The standard InChI is InChI=1S/C19H29N3O3/c1-4-25-18(23)16-9-7-13-22(14-16)19(20-2)21-12-11-15-8-5-6-10-17(15)24-3/h5-6,8,10,16H,4,7,9,11-14H2,1-3H3,(H,20,21). The van der Waals surface area contributed by atoms with E-state index in [9.17, 15) is 4.79 Å². The highest BCUT2D eigenvalue weighted by molar-refractivity contribution is 5.81. The van der Waals surface area contributed by atoms with E-state index in [2.05, 4.69) is 21.3 Å². The summed E-state index contributed by atoms with van der Waals surface area (Å²) in [6, 6.07) is 8.03. The van der Waals surface area contributed by atoms with Crippen LogP contribution in [0.1, 0.15) is 25.3 Å². The number of hydrogen-bond acceptors (Lipinski definition) is 4. The molecule has 6 heteroatoms. The number of carbonyl (C=O) groups excluding carboxylic acids is 1. The Morgan fingerprint density at radius 2 is 2.20 bits per heavy atom. The summed E-state index contributed by atoms with van der Waals surface area (Å²) < 4.78 is 10.6. The van der Waals surface area contributed by atoms with Crippen LogP contribution in [-0.4, -0.2) is 57.2 Å². The van der Waals surface area contributed by atoms with E-state index in [0.29, 0.717) is 13.2 Å². The van der Waals surface area contributed by atoms with Gasteiger partial charge in [0.2, 0.25) is 0 Å². The third kappa shape index (κ3) is 5.37. The molecule has 6 nitrogen and oxygen atoms in total. The second kappa shape index (κ2) is 9.91. The van der Waals surface area contributed by atoms with Crippen molar-refractivity contribution < 1.29 is 14.3 Å². The van der Waals surface area contributed by atoms with Crippen LogP contribution < -0.4 is 10.1 Å². The van der Waals surface area contributed by atoms with Crippen LogP contribution in [-0.2, 0) is 16.0 Å². The lowest BCUT2D eigenvalue weighted by Crippen LogP contribution is -2.48. The van der Waals surface area contributed by atoms with Gasteiger partial charge in [0.25, 0.3) is 0 Å². The predicted molar refractivity (Wildman–Crippen MR) is 99.0 cm³/mol. The van der Waals surface area contributed by atoms with Gasteiger partial charge in [-0.25, -0.2) is 0 Å². The Morgan fingerprint density at radius 3 is 2.92 bits per heavy atom. The van der Waals surface area contributed by atoms with E-state index in [-0.39, 0.29) is 11.9 Å². The maximum atomic E-state index is 12.0. The van der Waals surface area contributed by atoms with Gasteiger partial charge in [0.1, 0.15) is 5.75 Å². The zero-order valence-corrected chi connectivity index (χ0v) is 15.5. The monoisotopic (exact) mass is 347 g/mol. The molecule has 1 aliphatic rings. The first-order valence-electron chi connectivity index (χ1n) is 8.93. The summed E-state index contributed by atoms with van der Waals surface area (Å²) in [5, 5.41) is 3.40. The van der Waals surface area contributed by atoms with Crippen molar-refractivity contribution in [1.82, 2.24) is 10.2 Å². The first-order chi connectivity index (χ1) is 12.2. The first-order valence-corrected chi connectivity index (χ1v) is 8.93. The van der Waals surface area contributed by atoms with Gasteiger partial charge in [-0.15, -0.1) is 0 Å². The number of aliphatic imine (C=N–C) groups is 1. The molecule has 1 N–H and O–H groups in total. The zero-order valence-electron chi connectivity index (χ0n) is 15.5. The second-order valence-corrected chi connectivity index (χ2v) is 6.07. The van der Waals surface area contributed by atoms with Crippen molar-refractivity contribution in [3.8, 4) is 5.75 Å². The highest BCUT2D eigenvalue weighted by Gasteiger charge is 2.28. The van der Waals surface area contributed by atoms with Crippen LogP contribution in [0, 0.1) is 5.92 Å². The number of likely N-dealkylation sites (tertiary alicyclic amines) is 1. The van der Waals surface area contributed by atoms with Gasteiger partial charge in [-0.05, 0) is 37.8 Å². The number of para-hydroxylation sites is 1. The van der Waals surface area contributed by atoms with E-state index in [1.165, 1.54) is 0 Å². The molecule has 0 spiro atoms. The Labute approximate surface area is 150 Å². The molecule has 1 fully saturated rings. The van der Waals surface area contributed by atoms with Crippen molar-refractivity contribution in [2.75, 3.05) is 40.4 Å². The van der Waals surface area contributed by atoms with Crippen molar-refractivity contribution in [2.45, 2.75) is 26.2 Å². The van der Waals surface area contributed by atoms with Gasteiger partial charge in [0.15, 0.2) is 5.96 Å². The molecule has 1 heterocycles. The molecule has 1 saturated heterocycles. The van der Waals surface area contributed by atoms with Crippen LogP contribution in [0.4, 0.5) is 0 Å². The maximum absolute atomic E-state index is 12.0. The molecular weight excluding hydrogens is 318 g/mol. The summed E-state index contributed by atoms with van der Waals surface area (Å²) in [5.74, 6) is 1.57. The highest BCUT2D eigenvalue weighted by atomic mass is 16.5. The minimum Gasteiger partial charge on any atom is -0.496 e. The number of hydrogen-bond donors (Lipinski definition) is 1. The molecule has 1 unspecified atom stereocenters. The molecule has 0 saturated carbocycles.